The number of benzene rings is 7. The van der Waals surface area contributed by atoms with E-state index in [9.17, 15) is 0 Å². The van der Waals surface area contributed by atoms with Gasteiger partial charge in [-0.15, -0.1) is 0 Å². The molecule has 9 rings (SSSR count). The fraction of sp³-hybridized carbons (Fsp3) is 0.0870. The summed E-state index contributed by atoms with van der Waals surface area (Å²) in [6.45, 7) is 10.0. The van der Waals surface area contributed by atoms with Gasteiger partial charge in [-0.1, -0.05) is 154 Å². The van der Waals surface area contributed by atoms with E-state index in [1.807, 2.05) is 0 Å². The molecular weight excluding hydrogens is 623 g/mol. The van der Waals surface area contributed by atoms with E-state index in [-0.39, 0.29) is 0 Å². The maximum absolute atomic E-state index is 2.52. The van der Waals surface area contributed by atoms with E-state index >= 15 is 0 Å². The number of nitrogens with zero attached hydrogens (tertiary/aromatic N) is 1. The van der Waals surface area contributed by atoms with Crippen molar-refractivity contribution >= 4 is 54.0 Å². The normalized spacial score (nSPS) is 14.4. The van der Waals surface area contributed by atoms with Crippen molar-refractivity contribution in [1.82, 2.24) is 0 Å². The molecule has 2 aliphatic rings. The average molecular weight is 662 g/mol. The lowest BCUT2D eigenvalue weighted by Gasteiger charge is -2.28. The standard InChI is InChI=1S/C46H39NSi2/c1-48(2)42-20-12-11-18-39(42)41-30-36(27-29-43(41)48)47(35-24-22-33(23-25-35)32-14-7-5-8-15-32)37-26-28-40-45(31-37)49(3,4)44-21-13-19-38(46(40)44)34-16-9-6-10-17-34/h5-31H,1-4H3. The summed E-state index contributed by atoms with van der Waals surface area (Å²) in [6.07, 6.45) is 0. The predicted octanol–water partition coefficient (Wildman–Crippen LogP) is 10.1. The van der Waals surface area contributed by atoms with Gasteiger partial charge in [-0.2, -0.15) is 0 Å². The minimum absolute atomic E-state index is 1.17. The van der Waals surface area contributed by atoms with E-state index in [1.54, 1.807) is 0 Å². The molecule has 0 saturated heterocycles. The van der Waals surface area contributed by atoms with Crippen LogP contribution in [0.4, 0.5) is 17.1 Å². The molecule has 1 nitrogen and oxygen atoms in total. The van der Waals surface area contributed by atoms with Crippen molar-refractivity contribution in [2.24, 2.45) is 0 Å². The average Bonchev–Trinajstić information content (AvgIpc) is 3.52. The van der Waals surface area contributed by atoms with Gasteiger partial charge in [0.2, 0.25) is 0 Å². The van der Waals surface area contributed by atoms with Crippen LogP contribution in [0.15, 0.2) is 164 Å². The smallest absolute Gasteiger partial charge is 0.113 e. The molecule has 236 valence electrons. The Morgan fingerprint density at radius 2 is 0.857 bits per heavy atom. The van der Waals surface area contributed by atoms with E-state index in [0.717, 1.165) is 0 Å². The first-order valence-corrected chi connectivity index (χ1v) is 23.4. The van der Waals surface area contributed by atoms with Crippen molar-refractivity contribution in [2.75, 3.05) is 4.90 Å². The highest BCUT2D eigenvalue weighted by Crippen LogP contribution is 2.42. The first kappa shape index (κ1) is 29.9. The second-order valence-corrected chi connectivity index (χ2v) is 23.3. The summed E-state index contributed by atoms with van der Waals surface area (Å²) >= 11 is 0. The first-order chi connectivity index (χ1) is 23.8. The lowest BCUT2D eigenvalue weighted by molar-refractivity contribution is 1.29. The maximum Gasteiger partial charge on any atom is 0.113 e. The molecule has 2 heterocycles. The number of anilines is 3. The Kier molecular flexibility index (Phi) is 6.81. The van der Waals surface area contributed by atoms with E-state index < -0.39 is 16.1 Å². The van der Waals surface area contributed by atoms with Gasteiger partial charge in [0.05, 0.1) is 0 Å². The highest BCUT2D eigenvalue weighted by atomic mass is 28.3. The number of hydrogen-bond acceptors (Lipinski definition) is 1. The molecule has 0 radical (unpaired) electrons. The van der Waals surface area contributed by atoms with E-state index in [1.165, 1.54) is 82.3 Å². The summed E-state index contributed by atoms with van der Waals surface area (Å²) in [6, 6.07) is 61.2. The zero-order chi connectivity index (χ0) is 33.3. The molecule has 2 aliphatic heterocycles. The van der Waals surface area contributed by atoms with Crippen molar-refractivity contribution < 1.29 is 0 Å². The molecule has 0 spiro atoms. The summed E-state index contributed by atoms with van der Waals surface area (Å²) in [5.41, 5.74) is 14.3. The lowest BCUT2D eigenvalue weighted by Crippen LogP contribution is -2.49. The summed E-state index contributed by atoms with van der Waals surface area (Å²) < 4.78 is 0. The van der Waals surface area contributed by atoms with Crippen LogP contribution in [0.5, 0.6) is 0 Å². The molecule has 0 unspecified atom stereocenters. The number of hydrogen-bond donors (Lipinski definition) is 0. The second kappa shape index (κ2) is 11.2. The molecule has 0 fully saturated rings. The fourth-order valence-corrected chi connectivity index (χ4v) is 14.7. The minimum atomic E-state index is -1.98. The van der Waals surface area contributed by atoms with Gasteiger partial charge in [-0.3, -0.25) is 0 Å². The lowest BCUT2D eigenvalue weighted by atomic mass is 9.94. The van der Waals surface area contributed by atoms with Gasteiger partial charge in [-0.25, -0.2) is 0 Å². The molecule has 7 aromatic rings. The molecule has 0 atom stereocenters. The van der Waals surface area contributed by atoms with Gasteiger partial charge in [0, 0.05) is 17.1 Å². The molecule has 0 bridgehead atoms. The SMILES string of the molecule is C[Si]1(C)c2ccccc2-c2cc(N(c3ccc(-c4ccccc4)cc3)c3ccc4c(c3)[Si](C)(C)c3cccc(-c5ccccc5)c3-4)ccc21. The van der Waals surface area contributed by atoms with Crippen LogP contribution in [0.25, 0.3) is 44.5 Å². The van der Waals surface area contributed by atoms with Gasteiger partial charge in [0.25, 0.3) is 0 Å². The third-order valence-electron chi connectivity index (χ3n) is 11.1. The molecule has 49 heavy (non-hydrogen) atoms. The largest absolute Gasteiger partial charge is 0.310 e. The third-order valence-corrected chi connectivity index (χ3v) is 18.2. The monoisotopic (exact) mass is 661 g/mol. The molecule has 7 aromatic carbocycles. The molecule has 3 heteroatoms. The van der Waals surface area contributed by atoms with Crippen LogP contribution in [0.2, 0.25) is 26.2 Å². The highest BCUT2D eigenvalue weighted by Gasteiger charge is 2.40. The zero-order valence-corrected chi connectivity index (χ0v) is 30.5. The fourth-order valence-electron chi connectivity index (χ4n) is 8.50. The summed E-state index contributed by atoms with van der Waals surface area (Å²) in [5, 5.41) is 6.11. The molecule has 0 aliphatic carbocycles. The summed E-state index contributed by atoms with van der Waals surface area (Å²) in [4.78, 5) is 2.48. The quantitative estimate of drug-likeness (QED) is 0.166. The Labute approximate surface area is 292 Å². The Morgan fingerprint density at radius 3 is 1.61 bits per heavy atom. The number of fused-ring (bicyclic) bond motifs is 6. The Hall–Kier alpha value is -5.23. The Bertz CT molecular complexity index is 2370. The highest BCUT2D eigenvalue weighted by molar-refractivity contribution is 7.04. The molecule has 0 saturated carbocycles. The molecule has 0 aromatic heterocycles. The zero-order valence-electron chi connectivity index (χ0n) is 28.5. The Balaban J connectivity index is 1.22. The predicted molar refractivity (Wildman–Crippen MR) is 216 cm³/mol. The number of rotatable bonds is 5. The summed E-state index contributed by atoms with van der Waals surface area (Å²) in [5.74, 6) is 0. The first-order valence-electron chi connectivity index (χ1n) is 17.4. The summed E-state index contributed by atoms with van der Waals surface area (Å²) in [7, 11) is -3.74. The van der Waals surface area contributed by atoms with Crippen molar-refractivity contribution in [3.63, 3.8) is 0 Å². The Morgan fingerprint density at radius 1 is 0.327 bits per heavy atom. The maximum atomic E-state index is 2.52. The van der Waals surface area contributed by atoms with Crippen LogP contribution in [0.3, 0.4) is 0 Å². The van der Waals surface area contributed by atoms with Crippen molar-refractivity contribution in [2.45, 2.75) is 26.2 Å². The van der Waals surface area contributed by atoms with Crippen LogP contribution >= 0.6 is 0 Å². The van der Waals surface area contributed by atoms with Crippen LogP contribution in [0, 0.1) is 0 Å². The molecular formula is C46H39NSi2. The van der Waals surface area contributed by atoms with E-state index in [4.69, 9.17) is 0 Å². The van der Waals surface area contributed by atoms with Crippen LogP contribution in [-0.2, 0) is 0 Å². The minimum Gasteiger partial charge on any atom is -0.310 e. The van der Waals surface area contributed by atoms with Crippen LogP contribution < -0.4 is 25.6 Å². The third kappa shape index (κ3) is 4.64. The van der Waals surface area contributed by atoms with E-state index in [0.29, 0.717) is 0 Å². The van der Waals surface area contributed by atoms with Crippen molar-refractivity contribution in [3.8, 4) is 44.5 Å². The topological polar surface area (TPSA) is 3.24 Å². The van der Waals surface area contributed by atoms with Crippen LogP contribution in [0.1, 0.15) is 0 Å². The van der Waals surface area contributed by atoms with Gasteiger partial charge in [0.15, 0.2) is 0 Å². The van der Waals surface area contributed by atoms with Crippen molar-refractivity contribution in [1.29, 1.82) is 0 Å². The molecule has 0 amide bonds. The van der Waals surface area contributed by atoms with Gasteiger partial charge >= 0.3 is 0 Å². The van der Waals surface area contributed by atoms with Crippen molar-refractivity contribution in [3.05, 3.63) is 164 Å². The van der Waals surface area contributed by atoms with Gasteiger partial charge in [0.1, 0.15) is 16.1 Å². The van der Waals surface area contributed by atoms with Gasteiger partial charge in [-0.05, 0) is 102 Å². The van der Waals surface area contributed by atoms with E-state index in [2.05, 4.69) is 195 Å². The molecule has 0 N–H and O–H groups in total. The second-order valence-electron chi connectivity index (χ2n) is 14.6. The van der Waals surface area contributed by atoms with Gasteiger partial charge < -0.3 is 4.90 Å². The van der Waals surface area contributed by atoms with Crippen LogP contribution in [-0.4, -0.2) is 16.1 Å².